The standard InChI is InChI=1S/C24H31FN2/c25-23-13-11-20(12-14-23)19-26-15-17-27(18-16-26)24(21-7-3-1-4-8-21)22-9-5-2-6-10-22/h1,3-4,7-8,11-14,22,24H,2,5-6,9-10,15-19H2. The molecule has 2 aromatic rings. The number of hydrogen-bond donors (Lipinski definition) is 0. The number of nitrogens with zero attached hydrogens (tertiary/aromatic N) is 2. The van der Waals surface area contributed by atoms with E-state index in [-0.39, 0.29) is 5.82 Å². The van der Waals surface area contributed by atoms with E-state index in [1.165, 1.54) is 43.2 Å². The Morgan fingerprint density at radius 1 is 0.815 bits per heavy atom. The molecule has 1 saturated heterocycles. The predicted octanol–water partition coefficient (Wildman–Crippen LogP) is 5.26. The molecule has 1 heterocycles. The maximum absolute atomic E-state index is 13.1. The van der Waals surface area contributed by atoms with E-state index >= 15 is 0 Å². The van der Waals surface area contributed by atoms with E-state index in [0.29, 0.717) is 6.04 Å². The van der Waals surface area contributed by atoms with Crippen LogP contribution in [0.4, 0.5) is 4.39 Å². The Kier molecular flexibility index (Phi) is 6.21. The number of benzene rings is 2. The van der Waals surface area contributed by atoms with Crippen molar-refractivity contribution < 1.29 is 4.39 Å². The van der Waals surface area contributed by atoms with Crippen LogP contribution in [0.2, 0.25) is 0 Å². The van der Waals surface area contributed by atoms with Crippen LogP contribution in [0, 0.1) is 11.7 Å². The van der Waals surface area contributed by atoms with Crippen LogP contribution in [0.1, 0.15) is 49.3 Å². The first-order valence-electron chi connectivity index (χ1n) is 10.6. The molecule has 2 nitrogen and oxygen atoms in total. The van der Waals surface area contributed by atoms with Crippen LogP contribution < -0.4 is 0 Å². The van der Waals surface area contributed by atoms with Crippen molar-refractivity contribution in [3.05, 3.63) is 71.5 Å². The number of hydrogen-bond acceptors (Lipinski definition) is 2. The molecule has 0 bridgehead atoms. The highest BCUT2D eigenvalue weighted by molar-refractivity contribution is 5.21. The fraction of sp³-hybridized carbons (Fsp3) is 0.500. The van der Waals surface area contributed by atoms with E-state index in [2.05, 4.69) is 40.1 Å². The van der Waals surface area contributed by atoms with Gasteiger partial charge in [0.25, 0.3) is 0 Å². The lowest BCUT2D eigenvalue weighted by Gasteiger charge is -2.43. The summed E-state index contributed by atoms with van der Waals surface area (Å²) in [5.41, 5.74) is 2.70. The first-order chi connectivity index (χ1) is 13.3. The van der Waals surface area contributed by atoms with Gasteiger partial charge in [0.2, 0.25) is 0 Å². The van der Waals surface area contributed by atoms with Gasteiger partial charge in [-0.3, -0.25) is 9.80 Å². The molecule has 0 aromatic heterocycles. The fourth-order valence-electron chi connectivity index (χ4n) is 4.93. The zero-order chi connectivity index (χ0) is 18.5. The summed E-state index contributed by atoms with van der Waals surface area (Å²) in [6.45, 7) is 5.35. The SMILES string of the molecule is Fc1ccc(CN2CCN(C(c3ccccc3)C3CCCCC3)CC2)cc1. The summed E-state index contributed by atoms with van der Waals surface area (Å²) in [6, 6.07) is 18.7. The molecule has 27 heavy (non-hydrogen) atoms. The molecule has 0 spiro atoms. The van der Waals surface area contributed by atoms with Gasteiger partial charge in [-0.2, -0.15) is 0 Å². The number of rotatable bonds is 5. The summed E-state index contributed by atoms with van der Waals surface area (Å²) >= 11 is 0. The van der Waals surface area contributed by atoms with Crippen LogP contribution in [0.15, 0.2) is 54.6 Å². The Balaban J connectivity index is 1.41. The van der Waals surface area contributed by atoms with Gasteiger partial charge in [0.15, 0.2) is 0 Å². The van der Waals surface area contributed by atoms with Gasteiger partial charge in [-0.15, -0.1) is 0 Å². The zero-order valence-corrected chi connectivity index (χ0v) is 16.2. The van der Waals surface area contributed by atoms with Crippen LogP contribution in [-0.2, 0) is 6.54 Å². The Morgan fingerprint density at radius 2 is 1.48 bits per heavy atom. The van der Waals surface area contributed by atoms with Crippen molar-refractivity contribution in [2.45, 2.75) is 44.7 Å². The summed E-state index contributed by atoms with van der Waals surface area (Å²) in [5.74, 6) is 0.645. The molecule has 0 N–H and O–H groups in total. The normalized spacial score (nSPS) is 21.2. The Morgan fingerprint density at radius 3 is 2.15 bits per heavy atom. The average molecular weight is 367 g/mol. The molecule has 1 unspecified atom stereocenters. The quantitative estimate of drug-likeness (QED) is 0.712. The Labute approximate surface area is 163 Å². The molecule has 0 radical (unpaired) electrons. The van der Waals surface area contributed by atoms with Crippen molar-refractivity contribution in [1.82, 2.24) is 9.80 Å². The lowest BCUT2D eigenvalue weighted by molar-refractivity contribution is 0.0547. The second-order valence-corrected chi connectivity index (χ2v) is 8.19. The lowest BCUT2D eigenvalue weighted by atomic mass is 9.80. The Bertz CT molecular complexity index is 686. The molecule has 1 saturated carbocycles. The third-order valence-corrected chi connectivity index (χ3v) is 6.36. The molecule has 144 valence electrons. The molecule has 1 atom stereocenters. The zero-order valence-electron chi connectivity index (χ0n) is 16.2. The largest absolute Gasteiger partial charge is 0.297 e. The molecule has 2 fully saturated rings. The van der Waals surface area contributed by atoms with Crippen LogP contribution in [0.3, 0.4) is 0 Å². The third-order valence-electron chi connectivity index (χ3n) is 6.36. The van der Waals surface area contributed by atoms with Gasteiger partial charge in [0.1, 0.15) is 5.82 Å². The lowest BCUT2D eigenvalue weighted by Crippen LogP contribution is -2.48. The van der Waals surface area contributed by atoms with Crippen molar-refractivity contribution in [2.75, 3.05) is 26.2 Å². The van der Waals surface area contributed by atoms with Gasteiger partial charge in [0, 0.05) is 38.8 Å². The summed E-state index contributed by atoms with van der Waals surface area (Å²) in [6.07, 6.45) is 6.92. The number of piperazine rings is 1. The topological polar surface area (TPSA) is 6.48 Å². The minimum absolute atomic E-state index is 0.151. The van der Waals surface area contributed by atoms with E-state index in [9.17, 15) is 4.39 Å². The van der Waals surface area contributed by atoms with Crippen molar-refractivity contribution >= 4 is 0 Å². The molecule has 3 heteroatoms. The van der Waals surface area contributed by atoms with Crippen LogP contribution in [-0.4, -0.2) is 36.0 Å². The van der Waals surface area contributed by atoms with Gasteiger partial charge < -0.3 is 0 Å². The number of halogens is 1. The summed E-state index contributed by atoms with van der Waals surface area (Å²) < 4.78 is 13.1. The molecule has 2 aromatic carbocycles. The van der Waals surface area contributed by atoms with Gasteiger partial charge in [-0.1, -0.05) is 61.7 Å². The first kappa shape index (κ1) is 18.6. The van der Waals surface area contributed by atoms with E-state index in [1.54, 1.807) is 12.1 Å². The molecule has 1 aliphatic carbocycles. The minimum atomic E-state index is -0.151. The summed E-state index contributed by atoms with van der Waals surface area (Å²) in [7, 11) is 0. The predicted molar refractivity (Wildman–Crippen MR) is 109 cm³/mol. The van der Waals surface area contributed by atoms with Gasteiger partial charge in [-0.25, -0.2) is 4.39 Å². The third kappa shape index (κ3) is 4.77. The smallest absolute Gasteiger partial charge is 0.123 e. The van der Waals surface area contributed by atoms with Gasteiger partial charge in [0.05, 0.1) is 0 Å². The van der Waals surface area contributed by atoms with E-state index < -0.39 is 0 Å². The van der Waals surface area contributed by atoms with E-state index in [1.807, 2.05) is 12.1 Å². The molecule has 0 amide bonds. The highest BCUT2D eigenvalue weighted by atomic mass is 19.1. The van der Waals surface area contributed by atoms with Crippen molar-refractivity contribution in [3.63, 3.8) is 0 Å². The summed E-state index contributed by atoms with van der Waals surface area (Å²) in [4.78, 5) is 5.24. The van der Waals surface area contributed by atoms with E-state index in [4.69, 9.17) is 0 Å². The highest BCUT2D eigenvalue weighted by Gasteiger charge is 2.32. The van der Waals surface area contributed by atoms with E-state index in [0.717, 1.165) is 38.6 Å². The van der Waals surface area contributed by atoms with Crippen LogP contribution in [0.5, 0.6) is 0 Å². The monoisotopic (exact) mass is 366 g/mol. The average Bonchev–Trinajstić information content (AvgIpc) is 2.73. The van der Waals surface area contributed by atoms with Crippen molar-refractivity contribution in [2.24, 2.45) is 5.92 Å². The van der Waals surface area contributed by atoms with Gasteiger partial charge in [-0.05, 0) is 42.0 Å². The molecule has 2 aliphatic rings. The van der Waals surface area contributed by atoms with Crippen LogP contribution >= 0.6 is 0 Å². The van der Waals surface area contributed by atoms with Crippen molar-refractivity contribution in [1.29, 1.82) is 0 Å². The molecule has 1 aliphatic heterocycles. The summed E-state index contributed by atoms with van der Waals surface area (Å²) in [5, 5.41) is 0. The maximum Gasteiger partial charge on any atom is 0.123 e. The second-order valence-electron chi connectivity index (χ2n) is 8.19. The minimum Gasteiger partial charge on any atom is -0.297 e. The molecular formula is C24H31FN2. The Hall–Kier alpha value is -1.71. The molecular weight excluding hydrogens is 335 g/mol. The van der Waals surface area contributed by atoms with Crippen LogP contribution in [0.25, 0.3) is 0 Å². The molecule has 4 rings (SSSR count). The van der Waals surface area contributed by atoms with Crippen molar-refractivity contribution in [3.8, 4) is 0 Å². The second kappa shape index (κ2) is 8.99. The maximum atomic E-state index is 13.1. The first-order valence-corrected chi connectivity index (χ1v) is 10.6. The fourth-order valence-corrected chi connectivity index (χ4v) is 4.93. The van der Waals surface area contributed by atoms with Gasteiger partial charge >= 0.3 is 0 Å². The highest BCUT2D eigenvalue weighted by Crippen LogP contribution is 2.38.